The maximum atomic E-state index is 6.09. The second kappa shape index (κ2) is 10.5. The van der Waals surface area contributed by atoms with E-state index in [0.29, 0.717) is 0 Å². The van der Waals surface area contributed by atoms with Crippen LogP contribution >= 0.6 is 22.7 Å². The molecule has 34 heavy (non-hydrogen) atoms. The zero-order valence-corrected chi connectivity index (χ0v) is 22.0. The smallest absolute Gasteiger partial charge is 0.132 e. The third-order valence-electron chi connectivity index (χ3n) is 5.09. The number of hydrogen-bond acceptors (Lipinski definition) is 6. The van der Waals surface area contributed by atoms with Crippen molar-refractivity contribution in [2.75, 3.05) is 14.2 Å². The van der Waals surface area contributed by atoms with E-state index in [4.69, 9.17) is 18.9 Å². The van der Waals surface area contributed by atoms with E-state index in [9.17, 15) is 0 Å². The van der Waals surface area contributed by atoms with E-state index in [1.54, 1.807) is 36.9 Å². The summed E-state index contributed by atoms with van der Waals surface area (Å²) in [5, 5.41) is 0. The molecule has 178 valence electrons. The maximum absolute atomic E-state index is 6.09. The van der Waals surface area contributed by atoms with E-state index >= 15 is 0 Å². The zero-order chi connectivity index (χ0) is 24.2. The van der Waals surface area contributed by atoms with Gasteiger partial charge in [-0.15, -0.1) is 22.7 Å². The quantitative estimate of drug-likeness (QED) is 0.234. The third kappa shape index (κ3) is 5.08. The summed E-state index contributed by atoms with van der Waals surface area (Å²) in [6, 6.07) is 20.5. The minimum absolute atomic E-state index is 0.0771. The maximum Gasteiger partial charge on any atom is 0.132 e. The van der Waals surface area contributed by atoms with Gasteiger partial charge in [0, 0.05) is 19.5 Å². The molecule has 4 aromatic rings. The molecular weight excluding hydrogens is 464 g/mol. The van der Waals surface area contributed by atoms with Crippen molar-refractivity contribution in [3.8, 4) is 53.6 Å². The lowest BCUT2D eigenvalue weighted by Gasteiger charge is -2.16. The Morgan fingerprint density at radius 1 is 0.500 bits per heavy atom. The van der Waals surface area contributed by atoms with Crippen molar-refractivity contribution in [3.63, 3.8) is 0 Å². The van der Waals surface area contributed by atoms with Crippen LogP contribution in [0.1, 0.15) is 27.7 Å². The molecule has 0 bridgehead atoms. The lowest BCUT2D eigenvalue weighted by molar-refractivity contribution is 0.242. The Labute approximate surface area is 209 Å². The number of hydrogen-bond donors (Lipinski definition) is 0. The van der Waals surface area contributed by atoms with E-state index in [1.807, 2.05) is 64.1 Å². The van der Waals surface area contributed by atoms with Gasteiger partial charge in [-0.1, -0.05) is 12.1 Å². The van der Waals surface area contributed by atoms with Gasteiger partial charge in [-0.05, 0) is 76.2 Å². The molecule has 0 spiro atoms. The Balaban J connectivity index is 1.72. The van der Waals surface area contributed by atoms with Crippen molar-refractivity contribution in [2.24, 2.45) is 0 Å². The number of benzene rings is 2. The Morgan fingerprint density at radius 2 is 0.853 bits per heavy atom. The van der Waals surface area contributed by atoms with Crippen molar-refractivity contribution in [1.29, 1.82) is 0 Å². The molecule has 0 N–H and O–H groups in total. The van der Waals surface area contributed by atoms with Crippen LogP contribution in [0.2, 0.25) is 0 Å². The van der Waals surface area contributed by atoms with Crippen LogP contribution in [0.15, 0.2) is 60.7 Å². The van der Waals surface area contributed by atoms with Crippen LogP contribution in [0, 0.1) is 0 Å². The summed E-state index contributed by atoms with van der Waals surface area (Å²) in [7, 11) is 3.39. The minimum atomic E-state index is 0.0771. The van der Waals surface area contributed by atoms with E-state index in [1.165, 1.54) is 9.75 Å². The molecule has 2 aromatic carbocycles. The van der Waals surface area contributed by atoms with Crippen molar-refractivity contribution in [2.45, 2.75) is 39.9 Å². The van der Waals surface area contributed by atoms with Gasteiger partial charge in [-0.25, -0.2) is 0 Å². The highest BCUT2D eigenvalue weighted by Gasteiger charge is 2.19. The van der Waals surface area contributed by atoms with Crippen LogP contribution in [0.25, 0.3) is 30.6 Å². The average Bonchev–Trinajstić information content (AvgIpc) is 3.47. The Hall–Kier alpha value is -2.96. The molecule has 0 aliphatic carbocycles. The second-order valence-corrected chi connectivity index (χ2v) is 10.5. The van der Waals surface area contributed by atoms with E-state index in [0.717, 1.165) is 43.9 Å². The SMILES string of the molecule is COc1cccc(OC(C)C)c1-c1ccc(-c2ccc(-c3c(OC)cccc3OC(C)C)s2)s1. The summed E-state index contributed by atoms with van der Waals surface area (Å²) in [6.45, 7) is 8.13. The number of rotatable bonds is 9. The second-order valence-electron chi connectivity index (χ2n) is 8.33. The van der Waals surface area contributed by atoms with Gasteiger partial charge < -0.3 is 18.9 Å². The van der Waals surface area contributed by atoms with Gasteiger partial charge in [-0.3, -0.25) is 0 Å². The topological polar surface area (TPSA) is 36.9 Å². The number of methoxy groups -OCH3 is 2. The summed E-state index contributed by atoms with van der Waals surface area (Å²) in [6.07, 6.45) is 0.154. The third-order valence-corrected chi connectivity index (χ3v) is 7.49. The van der Waals surface area contributed by atoms with E-state index in [-0.39, 0.29) is 12.2 Å². The van der Waals surface area contributed by atoms with E-state index < -0.39 is 0 Å². The lowest BCUT2D eigenvalue weighted by atomic mass is 10.1. The summed E-state index contributed by atoms with van der Waals surface area (Å²) in [5.41, 5.74) is 1.98. The summed E-state index contributed by atoms with van der Waals surface area (Å²) in [5.74, 6) is 3.28. The molecule has 0 aliphatic heterocycles. The van der Waals surface area contributed by atoms with Crippen LogP contribution in [0.3, 0.4) is 0 Å². The fourth-order valence-electron chi connectivity index (χ4n) is 3.76. The molecule has 6 heteroatoms. The van der Waals surface area contributed by atoms with Gasteiger partial charge in [0.15, 0.2) is 0 Å². The van der Waals surface area contributed by atoms with Crippen LogP contribution in [-0.2, 0) is 0 Å². The molecule has 0 fully saturated rings. The standard InChI is InChI=1S/C28H30O4S2/c1-17(2)31-21-11-7-9-19(29-5)27(21)25-15-13-23(33-25)24-14-16-26(34-24)28-20(30-6)10-8-12-22(28)32-18(3)4/h7-18H,1-6H3. The summed E-state index contributed by atoms with van der Waals surface area (Å²) >= 11 is 3.46. The highest BCUT2D eigenvalue weighted by atomic mass is 32.1. The van der Waals surface area contributed by atoms with Crippen LogP contribution in [0.5, 0.6) is 23.0 Å². The van der Waals surface area contributed by atoms with Crippen LogP contribution < -0.4 is 18.9 Å². The molecule has 4 nitrogen and oxygen atoms in total. The van der Waals surface area contributed by atoms with Gasteiger partial charge in [0.1, 0.15) is 23.0 Å². The zero-order valence-electron chi connectivity index (χ0n) is 20.4. The van der Waals surface area contributed by atoms with Gasteiger partial charge in [-0.2, -0.15) is 0 Å². The molecule has 4 rings (SSSR count). The van der Waals surface area contributed by atoms with Gasteiger partial charge in [0.05, 0.1) is 37.6 Å². The Morgan fingerprint density at radius 3 is 1.21 bits per heavy atom. The molecule has 0 unspecified atom stereocenters. The fourth-order valence-corrected chi connectivity index (χ4v) is 5.97. The summed E-state index contributed by atoms with van der Waals surface area (Å²) in [4.78, 5) is 4.60. The molecule has 0 atom stereocenters. The van der Waals surface area contributed by atoms with Crippen LogP contribution in [-0.4, -0.2) is 26.4 Å². The molecule has 0 radical (unpaired) electrons. The van der Waals surface area contributed by atoms with Crippen LogP contribution in [0.4, 0.5) is 0 Å². The predicted molar refractivity (Wildman–Crippen MR) is 143 cm³/mol. The molecule has 0 saturated carbocycles. The molecule has 2 aromatic heterocycles. The first-order chi connectivity index (χ1) is 16.4. The molecule has 0 amide bonds. The van der Waals surface area contributed by atoms with Crippen molar-refractivity contribution < 1.29 is 18.9 Å². The Bertz CT molecular complexity index is 1160. The normalized spacial score (nSPS) is 11.2. The number of ether oxygens (including phenoxy) is 4. The first-order valence-electron chi connectivity index (χ1n) is 11.3. The largest absolute Gasteiger partial charge is 0.496 e. The first-order valence-corrected chi connectivity index (χ1v) is 12.9. The minimum Gasteiger partial charge on any atom is -0.496 e. The Kier molecular flexibility index (Phi) is 7.49. The first kappa shape index (κ1) is 24.2. The number of thiophene rings is 2. The van der Waals surface area contributed by atoms with Gasteiger partial charge in [0.2, 0.25) is 0 Å². The van der Waals surface area contributed by atoms with Gasteiger partial charge in [0.25, 0.3) is 0 Å². The highest BCUT2D eigenvalue weighted by Crippen LogP contribution is 2.48. The van der Waals surface area contributed by atoms with Crippen molar-refractivity contribution >= 4 is 22.7 Å². The highest BCUT2D eigenvalue weighted by molar-refractivity contribution is 7.25. The molecule has 0 aliphatic rings. The lowest BCUT2D eigenvalue weighted by Crippen LogP contribution is -2.06. The predicted octanol–water partition coefficient (Wildman–Crippen LogP) is 8.40. The molecule has 2 heterocycles. The molecule has 0 saturated heterocycles. The van der Waals surface area contributed by atoms with E-state index in [2.05, 4.69) is 24.3 Å². The van der Waals surface area contributed by atoms with Crippen molar-refractivity contribution in [1.82, 2.24) is 0 Å². The van der Waals surface area contributed by atoms with Crippen molar-refractivity contribution in [3.05, 3.63) is 60.7 Å². The van der Waals surface area contributed by atoms with Gasteiger partial charge >= 0.3 is 0 Å². The summed E-state index contributed by atoms with van der Waals surface area (Å²) < 4.78 is 23.5. The monoisotopic (exact) mass is 494 g/mol. The fraction of sp³-hybridized carbons (Fsp3) is 0.286. The molecular formula is C28H30O4S2. The average molecular weight is 495 g/mol.